The molecule has 2 unspecified atom stereocenters. The summed E-state index contributed by atoms with van der Waals surface area (Å²) in [6.45, 7) is 1.74. The summed E-state index contributed by atoms with van der Waals surface area (Å²) in [5.74, 6) is -1.81. The molecule has 1 saturated heterocycles. The number of nitrogens with one attached hydrogen (secondary N) is 2. The first-order valence-corrected chi connectivity index (χ1v) is 15.4. The van der Waals surface area contributed by atoms with Crippen LogP contribution in [0.4, 0.5) is 13.2 Å². The summed E-state index contributed by atoms with van der Waals surface area (Å²) in [7, 11) is -5.81. The fourth-order valence-electron chi connectivity index (χ4n) is 4.33. The van der Waals surface area contributed by atoms with Crippen LogP contribution in [0.5, 0.6) is 0 Å². The van der Waals surface area contributed by atoms with Gasteiger partial charge in [-0.1, -0.05) is 72.4 Å². The molecular formula is C24H21F3N6O5S3. The maximum Gasteiger partial charge on any atom is 0.511 e. The molecule has 1 aromatic heterocycles. The van der Waals surface area contributed by atoms with Crippen molar-refractivity contribution in [3.63, 3.8) is 0 Å². The molecule has 0 radical (unpaired) electrons. The van der Waals surface area contributed by atoms with Crippen LogP contribution in [0, 0.1) is 0 Å². The number of thioether (sulfide) groups is 2. The number of hydrogen-bond acceptors (Lipinski definition) is 10. The van der Waals surface area contributed by atoms with Gasteiger partial charge in [0.2, 0.25) is 11.1 Å². The fourth-order valence-corrected chi connectivity index (χ4v) is 7.53. The molecule has 41 heavy (non-hydrogen) atoms. The Balaban J connectivity index is 1.50. The van der Waals surface area contributed by atoms with Crippen molar-refractivity contribution in [1.29, 1.82) is 0 Å². The highest BCUT2D eigenvalue weighted by atomic mass is 32.2. The van der Waals surface area contributed by atoms with Gasteiger partial charge in [0, 0.05) is 11.0 Å². The van der Waals surface area contributed by atoms with E-state index in [-0.39, 0.29) is 16.6 Å². The number of fused-ring (bicyclic) bond motifs is 1. The fraction of sp³-hybridized carbons (Fsp3) is 0.292. The summed E-state index contributed by atoms with van der Waals surface area (Å²) in [4.78, 5) is 28.1. The smallest absolute Gasteiger partial charge is 0.448 e. The van der Waals surface area contributed by atoms with E-state index in [2.05, 4.69) is 20.6 Å². The second kappa shape index (κ2) is 11.5. The van der Waals surface area contributed by atoms with Crippen molar-refractivity contribution >= 4 is 45.4 Å². The molecule has 2 N–H and O–H groups in total. The summed E-state index contributed by atoms with van der Waals surface area (Å²) in [6, 6.07) is 16.1. The first kappa shape index (κ1) is 29.1. The number of carbonyl (C=O) groups is 2. The minimum atomic E-state index is -5.81. The van der Waals surface area contributed by atoms with E-state index in [1.165, 1.54) is 4.72 Å². The number of ether oxygens (including phenoxy) is 1. The Morgan fingerprint density at radius 2 is 1.76 bits per heavy atom. The molecule has 3 aromatic rings. The number of H-pyrrole nitrogens is 1. The number of amides is 1. The third-order valence-electron chi connectivity index (χ3n) is 6.31. The van der Waals surface area contributed by atoms with Gasteiger partial charge < -0.3 is 4.74 Å². The zero-order valence-electron chi connectivity index (χ0n) is 21.0. The van der Waals surface area contributed by atoms with Crippen LogP contribution in [0.15, 0.2) is 77.1 Å². The number of tetrazole rings is 1. The van der Waals surface area contributed by atoms with Gasteiger partial charge >= 0.3 is 21.5 Å². The van der Waals surface area contributed by atoms with Crippen LogP contribution >= 0.6 is 23.5 Å². The van der Waals surface area contributed by atoms with Gasteiger partial charge in [-0.05, 0) is 28.8 Å². The van der Waals surface area contributed by atoms with E-state index < -0.39 is 50.2 Å². The summed E-state index contributed by atoms with van der Waals surface area (Å²) in [6.07, 6.45) is -0.872. The molecule has 2 aliphatic heterocycles. The predicted molar refractivity (Wildman–Crippen MR) is 142 cm³/mol. The van der Waals surface area contributed by atoms with Crippen LogP contribution in [-0.2, 0) is 24.3 Å². The lowest BCUT2D eigenvalue weighted by molar-refractivity contribution is -0.153. The number of sulfonamides is 1. The molecular weight excluding hydrogens is 605 g/mol. The lowest BCUT2D eigenvalue weighted by atomic mass is 10.0. The van der Waals surface area contributed by atoms with E-state index in [1.54, 1.807) is 67.6 Å². The largest absolute Gasteiger partial charge is 0.511 e. The number of benzene rings is 2. The highest BCUT2D eigenvalue weighted by Gasteiger charge is 2.58. The Labute approximate surface area is 240 Å². The Kier molecular flexibility index (Phi) is 8.13. The standard InChI is InChI=1S/C24H21F3N6O5S3/c1-13(40-23-28-31-32-29-23)16-12-39-21-17(30-41(36,37)24(25,26)27)20(34)33(21)18(16)22(35)38-19(14-8-4-2-5-9-14)15-10-6-3-7-11-15/h2-11,13,17,19,21,30H,12H2,1H3,(H,28,29,31,32)/t13?,17?,21-/m1/s1. The molecule has 1 amide bonds. The molecule has 0 bridgehead atoms. The Hall–Kier alpha value is -3.41. The van der Waals surface area contributed by atoms with Crippen LogP contribution < -0.4 is 4.72 Å². The molecule has 2 aliphatic rings. The van der Waals surface area contributed by atoms with E-state index in [9.17, 15) is 31.2 Å². The zero-order valence-corrected chi connectivity index (χ0v) is 23.4. The maximum atomic E-state index is 13.9. The predicted octanol–water partition coefficient (Wildman–Crippen LogP) is 2.99. The van der Waals surface area contributed by atoms with Crippen molar-refractivity contribution in [3.05, 3.63) is 83.1 Å². The SMILES string of the molecule is CC(Sc1nn[nH]n1)C1=C(C(=O)OC(c2ccccc2)c2ccccc2)N2C(=O)C(NS(=O)(=O)C(F)(F)F)[C@H]2SC1. The Morgan fingerprint density at radius 3 is 2.29 bits per heavy atom. The van der Waals surface area contributed by atoms with E-state index >= 15 is 0 Å². The monoisotopic (exact) mass is 626 g/mol. The number of aromatic amines is 1. The van der Waals surface area contributed by atoms with Crippen LogP contribution in [0.2, 0.25) is 0 Å². The third kappa shape index (κ3) is 5.84. The Morgan fingerprint density at radius 1 is 1.15 bits per heavy atom. The number of esters is 1. The van der Waals surface area contributed by atoms with E-state index in [0.717, 1.165) is 28.4 Å². The maximum absolute atomic E-state index is 13.9. The first-order valence-electron chi connectivity index (χ1n) is 11.9. The van der Waals surface area contributed by atoms with Gasteiger partial charge in [0.05, 0.1) is 0 Å². The molecule has 0 aliphatic carbocycles. The number of rotatable bonds is 9. The number of aromatic nitrogens is 4. The normalized spacial score (nSPS) is 20.0. The topological polar surface area (TPSA) is 147 Å². The third-order valence-corrected chi connectivity index (χ3v) is 9.80. The molecule has 2 aromatic carbocycles. The number of alkyl halides is 3. The van der Waals surface area contributed by atoms with Gasteiger partial charge in [0.1, 0.15) is 17.1 Å². The lowest BCUT2D eigenvalue weighted by Crippen LogP contribution is -2.71. The van der Waals surface area contributed by atoms with E-state index in [1.807, 2.05) is 0 Å². The first-order chi connectivity index (χ1) is 19.5. The number of halogens is 3. The van der Waals surface area contributed by atoms with Crippen LogP contribution in [0.3, 0.4) is 0 Å². The quantitative estimate of drug-likeness (QED) is 0.206. The van der Waals surface area contributed by atoms with Crippen molar-refractivity contribution in [2.45, 2.75) is 40.4 Å². The molecule has 11 nitrogen and oxygen atoms in total. The van der Waals surface area contributed by atoms with Gasteiger partial charge in [-0.15, -0.1) is 22.0 Å². The molecule has 216 valence electrons. The lowest BCUT2D eigenvalue weighted by Gasteiger charge is -2.50. The summed E-state index contributed by atoms with van der Waals surface area (Å²) >= 11 is 2.16. The number of hydrogen-bond donors (Lipinski definition) is 2. The Bertz CT molecular complexity index is 1520. The second-order valence-electron chi connectivity index (χ2n) is 8.89. The van der Waals surface area contributed by atoms with Gasteiger partial charge in [-0.3, -0.25) is 9.69 Å². The minimum Gasteiger partial charge on any atom is -0.448 e. The molecule has 0 saturated carbocycles. The van der Waals surface area contributed by atoms with Crippen LogP contribution in [0.1, 0.15) is 24.2 Å². The molecule has 3 atom stereocenters. The zero-order chi connectivity index (χ0) is 29.4. The number of nitrogens with zero attached hydrogens (tertiary/aromatic N) is 4. The van der Waals surface area contributed by atoms with Gasteiger partial charge in [0.25, 0.3) is 0 Å². The summed E-state index contributed by atoms with van der Waals surface area (Å²) < 4.78 is 70.0. The van der Waals surface area contributed by atoms with Crippen molar-refractivity contribution in [2.75, 3.05) is 5.75 Å². The molecule has 3 heterocycles. The van der Waals surface area contributed by atoms with Crippen molar-refractivity contribution in [1.82, 2.24) is 30.2 Å². The van der Waals surface area contributed by atoms with E-state index in [0.29, 0.717) is 16.7 Å². The highest BCUT2D eigenvalue weighted by Crippen LogP contribution is 2.45. The number of carbonyl (C=O) groups excluding carboxylic acids is 2. The summed E-state index contributed by atoms with van der Waals surface area (Å²) in [5, 5.41) is 12.3. The molecule has 0 spiro atoms. The number of β-lactam (4-membered cyclic amide) rings is 1. The average Bonchev–Trinajstić information content (AvgIpc) is 3.47. The molecule has 1 fully saturated rings. The van der Waals surface area contributed by atoms with Crippen molar-refractivity contribution in [3.8, 4) is 0 Å². The second-order valence-corrected chi connectivity index (χ2v) is 13.0. The minimum absolute atomic E-state index is 0.0937. The van der Waals surface area contributed by atoms with Gasteiger partial charge in [0.15, 0.2) is 6.10 Å². The van der Waals surface area contributed by atoms with Crippen LogP contribution in [-0.4, -0.2) is 73.7 Å². The van der Waals surface area contributed by atoms with Gasteiger partial charge in [-0.2, -0.15) is 23.1 Å². The van der Waals surface area contributed by atoms with Gasteiger partial charge in [-0.25, -0.2) is 13.2 Å². The molecule has 17 heteroatoms. The summed E-state index contributed by atoms with van der Waals surface area (Å²) in [5.41, 5.74) is -4.03. The highest BCUT2D eigenvalue weighted by molar-refractivity contribution is 8.01. The van der Waals surface area contributed by atoms with E-state index in [4.69, 9.17) is 4.74 Å². The van der Waals surface area contributed by atoms with Crippen molar-refractivity contribution < 1.29 is 35.9 Å². The molecule has 5 rings (SSSR count). The van der Waals surface area contributed by atoms with Crippen molar-refractivity contribution in [2.24, 2.45) is 0 Å². The average molecular weight is 627 g/mol. The van der Waals surface area contributed by atoms with Crippen LogP contribution in [0.25, 0.3) is 0 Å².